The van der Waals surface area contributed by atoms with Crippen molar-refractivity contribution in [3.8, 4) is 0 Å². The molecule has 2 rings (SSSR count). The molecule has 2 amide bonds. The van der Waals surface area contributed by atoms with Crippen molar-refractivity contribution >= 4 is 18.0 Å². The molecule has 0 saturated heterocycles. The molecule has 1 aliphatic heterocycles. The summed E-state index contributed by atoms with van der Waals surface area (Å²) in [6.07, 6.45) is 1.01. The smallest absolute Gasteiger partial charge is 0.410 e. The number of aliphatic hydroxyl groups excluding tert-OH is 1. The molecule has 1 aromatic carbocycles. The summed E-state index contributed by atoms with van der Waals surface area (Å²) in [6, 6.07) is 7.26. The Bertz CT molecular complexity index is 889. The van der Waals surface area contributed by atoms with Crippen LogP contribution >= 0.6 is 0 Å². The first-order valence-electron chi connectivity index (χ1n) is 11.2. The molecular weight excluding hydrogens is 424 g/mol. The first-order valence-corrected chi connectivity index (χ1v) is 11.2. The fraction of sp³-hybridized carbons (Fsp3) is 0.560. The molecule has 1 aromatic rings. The Morgan fingerprint density at radius 1 is 1.24 bits per heavy atom. The second-order valence-electron chi connectivity index (χ2n) is 9.48. The third kappa shape index (κ3) is 7.60. The van der Waals surface area contributed by atoms with Crippen LogP contribution in [0.4, 0.5) is 4.79 Å². The van der Waals surface area contributed by atoms with Gasteiger partial charge in [-0.3, -0.25) is 9.69 Å². The number of esters is 1. The molecule has 0 fully saturated rings. The molecule has 8 heteroatoms. The number of carbonyl (C=O) groups excluding carboxylic acids is 3. The van der Waals surface area contributed by atoms with Crippen molar-refractivity contribution < 1.29 is 29.0 Å². The highest BCUT2D eigenvalue weighted by atomic mass is 16.6. The molecule has 0 radical (unpaired) electrons. The van der Waals surface area contributed by atoms with Crippen LogP contribution in [-0.2, 0) is 32.0 Å². The predicted molar refractivity (Wildman–Crippen MR) is 124 cm³/mol. The maximum atomic E-state index is 12.9. The zero-order valence-electron chi connectivity index (χ0n) is 20.4. The first-order chi connectivity index (χ1) is 15.4. The lowest BCUT2D eigenvalue weighted by atomic mass is 9.91. The summed E-state index contributed by atoms with van der Waals surface area (Å²) in [5, 5.41) is 13.7. The van der Waals surface area contributed by atoms with Gasteiger partial charge in [0.25, 0.3) is 0 Å². The molecule has 8 nitrogen and oxygen atoms in total. The molecule has 0 aromatic heterocycles. The Morgan fingerprint density at radius 3 is 2.48 bits per heavy atom. The molecule has 1 heterocycles. The van der Waals surface area contributed by atoms with E-state index < -0.39 is 35.7 Å². The van der Waals surface area contributed by atoms with Gasteiger partial charge >= 0.3 is 12.1 Å². The number of aliphatic hydroxyl groups is 1. The highest BCUT2D eigenvalue weighted by Gasteiger charge is 2.36. The van der Waals surface area contributed by atoms with E-state index in [0.29, 0.717) is 25.0 Å². The summed E-state index contributed by atoms with van der Waals surface area (Å²) < 4.78 is 10.2. The molecule has 1 aliphatic rings. The molecular formula is C25H36N2O6. The molecule has 2 unspecified atom stereocenters. The van der Waals surface area contributed by atoms with E-state index in [9.17, 15) is 19.5 Å². The number of nitrogens with zero attached hydrogens (tertiary/aromatic N) is 1. The Hall–Kier alpha value is -2.87. The van der Waals surface area contributed by atoms with Gasteiger partial charge < -0.3 is 19.9 Å². The summed E-state index contributed by atoms with van der Waals surface area (Å²) in [7, 11) is 1.31. The number of allylic oxidation sites excluding steroid dienone is 1. The van der Waals surface area contributed by atoms with Crippen molar-refractivity contribution in [3.63, 3.8) is 0 Å². The van der Waals surface area contributed by atoms with Crippen LogP contribution in [-0.4, -0.2) is 59.4 Å². The number of amides is 2. The second kappa shape index (κ2) is 11.3. The molecule has 182 valence electrons. The zero-order valence-corrected chi connectivity index (χ0v) is 20.4. The zero-order chi connectivity index (χ0) is 24.8. The van der Waals surface area contributed by atoms with Crippen molar-refractivity contribution in [2.75, 3.05) is 13.7 Å². The van der Waals surface area contributed by atoms with Gasteiger partial charge in [-0.25, -0.2) is 9.59 Å². The largest absolute Gasteiger partial charge is 0.466 e. The van der Waals surface area contributed by atoms with Crippen LogP contribution in [0.25, 0.3) is 0 Å². The van der Waals surface area contributed by atoms with Gasteiger partial charge in [0, 0.05) is 24.6 Å². The lowest BCUT2D eigenvalue weighted by molar-refractivity contribution is -0.136. The molecule has 2 N–H and O–H groups in total. The van der Waals surface area contributed by atoms with Gasteiger partial charge in [-0.1, -0.05) is 37.3 Å². The Labute approximate surface area is 195 Å². The third-order valence-corrected chi connectivity index (χ3v) is 5.58. The van der Waals surface area contributed by atoms with Crippen LogP contribution < -0.4 is 5.32 Å². The van der Waals surface area contributed by atoms with E-state index in [2.05, 4.69) is 10.1 Å². The number of hydrogen-bond donors (Lipinski definition) is 2. The van der Waals surface area contributed by atoms with Crippen molar-refractivity contribution in [2.24, 2.45) is 5.92 Å². The van der Waals surface area contributed by atoms with Crippen LogP contribution in [0, 0.1) is 5.92 Å². The quantitative estimate of drug-likeness (QED) is 0.479. The standard InChI is InChI=1S/C25H36N2O6/c1-16(11-12-17(2)23(30)32-6)22(29)26-14-21(28)20-13-18-9-7-8-10-19(18)15-27(20)24(31)33-25(3,4)5/h7-10,12,16,20-21,28H,11,13-15H2,1-6H3,(H,26,29)/b17-12+/t16?,20-,21?/m0/s1. The van der Waals surface area contributed by atoms with Crippen LogP contribution in [0.1, 0.15) is 52.2 Å². The van der Waals surface area contributed by atoms with E-state index in [1.54, 1.807) is 40.7 Å². The molecule has 3 atom stereocenters. The molecule has 33 heavy (non-hydrogen) atoms. The van der Waals surface area contributed by atoms with Crippen LogP contribution in [0.2, 0.25) is 0 Å². The van der Waals surface area contributed by atoms with Gasteiger partial charge in [-0.05, 0) is 51.7 Å². The van der Waals surface area contributed by atoms with Gasteiger partial charge in [-0.15, -0.1) is 0 Å². The van der Waals surface area contributed by atoms with Crippen molar-refractivity contribution in [1.29, 1.82) is 0 Å². The number of fused-ring (bicyclic) bond motifs is 1. The van der Waals surface area contributed by atoms with Crippen molar-refractivity contribution in [2.45, 2.75) is 71.8 Å². The van der Waals surface area contributed by atoms with E-state index in [-0.39, 0.29) is 12.5 Å². The Morgan fingerprint density at radius 2 is 1.88 bits per heavy atom. The van der Waals surface area contributed by atoms with Gasteiger partial charge in [0.2, 0.25) is 5.91 Å². The summed E-state index contributed by atoms with van der Waals surface area (Å²) in [5.74, 6) is -1.08. The second-order valence-corrected chi connectivity index (χ2v) is 9.48. The van der Waals surface area contributed by atoms with E-state index >= 15 is 0 Å². The minimum Gasteiger partial charge on any atom is -0.466 e. The Kier molecular flexibility index (Phi) is 9.05. The monoisotopic (exact) mass is 460 g/mol. The minimum atomic E-state index is -0.977. The van der Waals surface area contributed by atoms with Gasteiger partial charge in [0.15, 0.2) is 0 Å². The number of benzene rings is 1. The molecule has 0 aliphatic carbocycles. The van der Waals surface area contributed by atoms with E-state index in [4.69, 9.17) is 4.74 Å². The van der Waals surface area contributed by atoms with Crippen molar-refractivity contribution in [3.05, 3.63) is 47.0 Å². The van der Waals surface area contributed by atoms with Crippen LogP contribution in [0.3, 0.4) is 0 Å². The average Bonchev–Trinajstić information content (AvgIpc) is 2.77. The summed E-state index contributed by atoms with van der Waals surface area (Å²) in [6.45, 7) is 9.09. The SMILES string of the molecule is COC(=O)/C(C)=C/CC(C)C(=O)NCC(O)[C@@H]1Cc2ccccc2CN1C(=O)OC(C)(C)C. The lowest BCUT2D eigenvalue weighted by Crippen LogP contribution is -2.54. The number of carbonyl (C=O) groups is 3. The van der Waals surface area contributed by atoms with Crippen LogP contribution in [0.15, 0.2) is 35.9 Å². The summed E-state index contributed by atoms with van der Waals surface area (Å²) in [5.41, 5.74) is 1.84. The topological polar surface area (TPSA) is 105 Å². The summed E-state index contributed by atoms with van der Waals surface area (Å²) >= 11 is 0. The summed E-state index contributed by atoms with van der Waals surface area (Å²) in [4.78, 5) is 38.4. The highest BCUT2D eigenvalue weighted by Crippen LogP contribution is 2.27. The molecule has 0 spiro atoms. The highest BCUT2D eigenvalue weighted by molar-refractivity contribution is 5.87. The van der Waals surface area contributed by atoms with Gasteiger partial charge in [-0.2, -0.15) is 0 Å². The number of ether oxygens (including phenoxy) is 2. The third-order valence-electron chi connectivity index (χ3n) is 5.58. The van der Waals surface area contributed by atoms with E-state index in [1.165, 1.54) is 12.0 Å². The maximum Gasteiger partial charge on any atom is 0.410 e. The normalized spacial score (nSPS) is 18.1. The lowest BCUT2D eigenvalue weighted by Gasteiger charge is -2.40. The first kappa shape index (κ1) is 26.4. The number of nitrogens with one attached hydrogen (secondary N) is 1. The van der Waals surface area contributed by atoms with E-state index in [0.717, 1.165) is 11.1 Å². The average molecular weight is 461 g/mol. The Balaban J connectivity index is 2.05. The van der Waals surface area contributed by atoms with E-state index in [1.807, 2.05) is 24.3 Å². The van der Waals surface area contributed by atoms with Gasteiger partial charge in [0.1, 0.15) is 5.60 Å². The molecule has 0 bridgehead atoms. The predicted octanol–water partition coefficient (Wildman–Crippen LogP) is 2.97. The van der Waals surface area contributed by atoms with Gasteiger partial charge in [0.05, 0.1) is 19.3 Å². The number of hydrogen-bond acceptors (Lipinski definition) is 6. The van der Waals surface area contributed by atoms with Crippen LogP contribution in [0.5, 0.6) is 0 Å². The van der Waals surface area contributed by atoms with Crippen molar-refractivity contribution in [1.82, 2.24) is 10.2 Å². The fourth-order valence-corrected chi connectivity index (χ4v) is 3.63. The number of methoxy groups -OCH3 is 1. The minimum absolute atomic E-state index is 0.00496. The molecule has 0 saturated carbocycles. The number of rotatable bonds is 7. The maximum absolute atomic E-state index is 12.9. The fourth-order valence-electron chi connectivity index (χ4n) is 3.63.